The van der Waals surface area contributed by atoms with Gasteiger partial charge in [0.25, 0.3) is 0 Å². The van der Waals surface area contributed by atoms with Gasteiger partial charge in [0.2, 0.25) is 0 Å². The van der Waals surface area contributed by atoms with E-state index in [0.717, 1.165) is 38.5 Å². The summed E-state index contributed by atoms with van der Waals surface area (Å²) in [6.07, 6.45) is 8.91. The van der Waals surface area contributed by atoms with Crippen molar-refractivity contribution < 1.29 is 13.9 Å². The molecule has 2 atom stereocenters. The molecule has 2 bridgehead atoms. The summed E-state index contributed by atoms with van der Waals surface area (Å²) < 4.78 is 21.7. The number of anilines is 1. The predicted octanol–water partition coefficient (Wildman–Crippen LogP) is 6.50. The third-order valence-electron chi connectivity index (χ3n) is 7.74. The number of unbranched alkanes of at least 4 members (excludes halogenated alkanes) is 1. The molecule has 0 radical (unpaired) electrons. The fraction of sp³-hybridized carbons (Fsp3) is 0.444. The number of esters is 1. The predicted molar refractivity (Wildman–Crippen MR) is 145 cm³/mol. The molecule has 2 N–H and O–H groups in total. The molecule has 3 aliphatic rings. The first-order chi connectivity index (χ1) is 18.5. The molecule has 0 amide bonds. The zero-order valence-corrected chi connectivity index (χ0v) is 22.5. The topological polar surface area (TPSA) is 106 Å². The van der Waals surface area contributed by atoms with E-state index in [1.807, 2.05) is 17.5 Å². The van der Waals surface area contributed by atoms with Crippen molar-refractivity contribution in [2.75, 3.05) is 11.9 Å². The second kappa shape index (κ2) is 10.6. The van der Waals surface area contributed by atoms with Crippen LogP contribution in [-0.4, -0.2) is 43.5 Å². The maximum absolute atomic E-state index is 16.1. The molecular weight excluding hydrogens is 527 g/mol. The summed E-state index contributed by atoms with van der Waals surface area (Å²) in [6, 6.07) is 3.42. The highest BCUT2D eigenvalue weighted by Gasteiger charge is 2.48. The number of aromatic amines is 1. The molecule has 0 saturated heterocycles. The molecule has 0 aromatic carbocycles. The molecular formula is C27H28ClFN6O2S. The van der Waals surface area contributed by atoms with Gasteiger partial charge in [-0.3, -0.25) is 4.79 Å². The molecule has 3 saturated carbocycles. The van der Waals surface area contributed by atoms with E-state index in [0.29, 0.717) is 34.0 Å². The molecule has 4 aromatic heterocycles. The van der Waals surface area contributed by atoms with E-state index in [1.54, 1.807) is 6.20 Å². The van der Waals surface area contributed by atoms with Crippen LogP contribution in [0.15, 0.2) is 29.9 Å². The molecule has 7 rings (SSSR count). The van der Waals surface area contributed by atoms with E-state index in [-0.39, 0.29) is 46.4 Å². The highest BCUT2D eigenvalue weighted by molar-refractivity contribution is 7.13. The third kappa shape index (κ3) is 4.64. The van der Waals surface area contributed by atoms with Crippen LogP contribution >= 0.6 is 22.9 Å². The minimum atomic E-state index is -0.542. The Morgan fingerprint density at radius 3 is 2.82 bits per heavy atom. The Bertz CT molecular complexity index is 1450. The normalized spacial score (nSPS) is 22.6. The fourth-order valence-electron chi connectivity index (χ4n) is 5.85. The Hall–Kier alpha value is -3.11. The van der Waals surface area contributed by atoms with Crippen LogP contribution in [0.4, 0.5) is 10.2 Å². The SMILES string of the molecule is CCCCOC(=O)[C@H]1C2CCC(CC2)[C@@H]1Nc1nc(-c2c[nH]c3ncc(Cl)nc23)nc(-c2cccs2)c1F. The number of rotatable bonds is 8. The number of ether oxygens (including phenoxy) is 1. The molecule has 3 aliphatic carbocycles. The van der Waals surface area contributed by atoms with Crippen LogP contribution in [0.25, 0.3) is 33.1 Å². The maximum atomic E-state index is 16.1. The minimum absolute atomic E-state index is 0.0756. The number of H-pyrrole nitrogens is 1. The van der Waals surface area contributed by atoms with Crippen molar-refractivity contribution in [3.63, 3.8) is 0 Å². The highest BCUT2D eigenvalue weighted by Crippen LogP contribution is 2.47. The lowest BCUT2D eigenvalue weighted by molar-refractivity contribution is -0.155. The average molecular weight is 555 g/mol. The van der Waals surface area contributed by atoms with Gasteiger partial charge < -0.3 is 15.0 Å². The van der Waals surface area contributed by atoms with Crippen LogP contribution in [0, 0.1) is 23.6 Å². The van der Waals surface area contributed by atoms with Crippen molar-refractivity contribution in [3.8, 4) is 22.0 Å². The number of carbonyl (C=O) groups is 1. The summed E-state index contributed by atoms with van der Waals surface area (Å²) in [5.41, 5.74) is 1.79. The van der Waals surface area contributed by atoms with Crippen LogP contribution in [0.5, 0.6) is 0 Å². The van der Waals surface area contributed by atoms with E-state index >= 15 is 4.39 Å². The molecule has 0 aliphatic heterocycles. The van der Waals surface area contributed by atoms with Gasteiger partial charge in [-0.15, -0.1) is 11.3 Å². The summed E-state index contributed by atoms with van der Waals surface area (Å²) in [6.45, 7) is 2.48. The molecule has 4 heterocycles. The van der Waals surface area contributed by atoms with Gasteiger partial charge in [0.05, 0.1) is 29.2 Å². The second-order valence-corrected chi connectivity index (χ2v) is 11.4. The first-order valence-corrected chi connectivity index (χ1v) is 14.3. The van der Waals surface area contributed by atoms with Crippen molar-refractivity contribution in [1.82, 2.24) is 24.9 Å². The average Bonchev–Trinajstić information content (AvgIpc) is 3.61. The molecule has 38 heavy (non-hydrogen) atoms. The Kier molecular flexibility index (Phi) is 7.01. The number of nitrogens with one attached hydrogen (secondary N) is 2. The zero-order chi connectivity index (χ0) is 26.2. The van der Waals surface area contributed by atoms with Gasteiger partial charge in [-0.1, -0.05) is 31.0 Å². The maximum Gasteiger partial charge on any atom is 0.311 e. The van der Waals surface area contributed by atoms with Crippen LogP contribution in [-0.2, 0) is 9.53 Å². The van der Waals surface area contributed by atoms with Gasteiger partial charge in [0.1, 0.15) is 16.4 Å². The van der Waals surface area contributed by atoms with Crippen LogP contribution in [0.1, 0.15) is 45.4 Å². The Morgan fingerprint density at radius 2 is 2.05 bits per heavy atom. The standard InChI is InChI=1S/C27H28ClFN6O2S/c1-2-3-10-37-27(36)19-14-6-8-15(9-7-14)21(19)33-25-20(29)23(17-5-4-11-38-17)34-24(35-25)16-12-30-26-22(16)32-18(28)13-31-26/h4-5,11-15,19,21H,2-3,6-10H2,1H3,(H,30,31)(H,33,34,35)/t14?,15?,19-,21-/m0/s1. The van der Waals surface area contributed by atoms with Gasteiger partial charge in [-0.25, -0.2) is 24.3 Å². The summed E-state index contributed by atoms with van der Waals surface area (Å²) in [4.78, 5) is 34.9. The lowest BCUT2D eigenvalue weighted by atomic mass is 9.61. The molecule has 8 nitrogen and oxygen atoms in total. The Balaban J connectivity index is 1.41. The number of halogens is 2. The van der Waals surface area contributed by atoms with Gasteiger partial charge in [0, 0.05) is 12.2 Å². The molecule has 11 heteroatoms. The lowest BCUT2D eigenvalue weighted by Gasteiger charge is -2.47. The molecule has 4 aromatic rings. The van der Waals surface area contributed by atoms with Crippen LogP contribution < -0.4 is 5.32 Å². The Labute approximate surface area is 228 Å². The Morgan fingerprint density at radius 1 is 1.24 bits per heavy atom. The third-order valence-corrected chi connectivity index (χ3v) is 8.79. The van der Waals surface area contributed by atoms with E-state index in [1.165, 1.54) is 17.5 Å². The van der Waals surface area contributed by atoms with Gasteiger partial charge in [-0.2, -0.15) is 0 Å². The monoisotopic (exact) mass is 554 g/mol. The van der Waals surface area contributed by atoms with E-state index in [9.17, 15) is 4.79 Å². The van der Waals surface area contributed by atoms with Crippen molar-refractivity contribution in [2.45, 2.75) is 51.5 Å². The number of fused-ring (bicyclic) bond motifs is 4. The molecule has 0 unspecified atom stereocenters. The van der Waals surface area contributed by atoms with Crippen molar-refractivity contribution in [2.24, 2.45) is 17.8 Å². The zero-order valence-electron chi connectivity index (χ0n) is 20.9. The quantitative estimate of drug-likeness (QED) is 0.189. The number of nitrogens with zero attached hydrogens (tertiary/aromatic N) is 4. The summed E-state index contributed by atoms with van der Waals surface area (Å²) in [5.74, 6) is -0.238. The van der Waals surface area contributed by atoms with Gasteiger partial charge >= 0.3 is 5.97 Å². The minimum Gasteiger partial charge on any atom is -0.465 e. The smallest absolute Gasteiger partial charge is 0.311 e. The molecule has 0 spiro atoms. The van der Waals surface area contributed by atoms with Crippen LogP contribution in [0.3, 0.4) is 0 Å². The van der Waals surface area contributed by atoms with Crippen molar-refractivity contribution >= 4 is 45.9 Å². The fourth-order valence-corrected chi connectivity index (χ4v) is 6.69. The van der Waals surface area contributed by atoms with Crippen LogP contribution in [0.2, 0.25) is 5.15 Å². The van der Waals surface area contributed by atoms with Gasteiger partial charge in [-0.05, 0) is 55.4 Å². The first-order valence-electron chi connectivity index (χ1n) is 13.1. The highest BCUT2D eigenvalue weighted by atomic mass is 35.5. The number of hydrogen-bond acceptors (Lipinski definition) is 8. The number of thiophene rings is 1. The number of carbonyl (C=O) groups excluding carboxylic acids is 1. The number of aromatic nitrogens is 5. The molecule has 3 fully saturated rings. The van der Waals surface area contributed by atoms with Crippen molar-refractivity contribution in [3.05, 3.63) is 40.9 Å². The van der Waals surface area contributed by atoms with E-state index in [4.69, 9.17) is 16.3 Å². The summed E-state index contributed by atoms with van der Waals surface area (Å²) in [5, 5.41) is 5.49. The van der Waals surface area contributed by atoms with Crippen molar-refractivity contribution in [1.29, 1.82) is 0 Å². The van der Waals surface area contributed by atoms with E-state index in [2.05, 4.69) is 37.2 Å². The summed E-state index contributed by atoms with van der Waals surface area (Å²) >= 11 is 7.51. The first kappa shape index (κ1) is 25.2. The lowest BCUT2D eigenvalue weighted by Crippen LogP contribution is -2.52. The van der Waals surface area contributed by atoms with Gasteiger partial charge in [0.15, 0.2) is 23.1 Å². The summed E-state index contributed by atoms with van der Waals surface area (Å²) in [7, 11) is 0. The number of hydrogen-bond donors (Lipinski definition) is 2. The largest absolute Gasteiger partial charge is 0.465 e. The van der Waals surface area contributed by atoms with E-state index < -0.39 is 5.82 Å². The second-order valence-electron chi connectivity index (χ2n) is 10.0. The molecule has 198 valence electrons.